The fraction of sp³-hybridized carbons (Fsp3) is 0.200. The molecule has 0 aliphatic carbocycles. The Morgan fingerprint density at radius 3 is 2.58 bits per heavy atom. The quantitative estimate of drug-likeness (QED) is 0.769. The van der Waals surface area contributed by atoms with Crippen LogP contribution in [0, 0.1) is 13.8 Å². The van der Waals surface area contributed by atoms with Gasteiger partial charge in [0.05, 0.1) is 5.52 Å². The lowest BCUT2D eigenvalue weighted by Crippen LogP contribution is -2.17. The van der Waals surface area contributed by atoms with Crippen molar-refractivity contribution in [3.8, 4) is 0 Å². The molecule has 1 amide bonds. The van der Waals surface area contributed by atoms with Gasteiger partial charge in [-0.25, -0.2) is 0 Å². The maximum Gasteiger partial charge on any atom is 0.251 e. The first-order valence-corrected chi connectivity index (χ1v) is 8.01. The average Bonchev–Trinajstić information content (AvgIpc) is 2.56. The van der Waals surface area contributed by atoms with Crippen LogP contribution in [-0.4, -0.2) is 10.9 Å². The molecule has 0 saturated carbocycles. The molecule has 3 rings (SSSR count). The first-order chi connectivity index (χ1) is 11.5. The highest BCUT2D eigenvalue weighted by molar-refractivity contribution is 5.91. The number of carbonyl (C=O) groups excluding carboxylic acids is 1. The van der Waals surface area contributed by atoms with Crippen molar-refractivity contribution in [2.24, 2.45) is 0 Å². The summed E-state index contributed by atoms with van der Waals surface area (Å²) in [6.45, 7) is 3.92. The number of aromatic nitrogens is 1. The Kier molecular flexibility index (Phi) is 4.47. The van der Waals surface area contributed by atoms with Gasteiger partial charge in [-0.2, -0.15) is 0 Å². The van der Waals surface area contributed by atoms with E-state index in [-0.39, 0.29) is 17.9 Å². The number of carbonyl (C=O) groups is 1. The molecule has 0 atom stereocenters. The lowest BCUT2D eigenvalue weighted by Gasteiger charge is -2.08. The number of H-pyrrole nitrogens is 1. The second-order valence-electron chi connectivity index (χ2n) is 6.03. The summed E-state index contributed by atoms with van der Waals surface area (Å²) in [5.41, 5.74) is 4.23. The summed E-state index contributed by atoms with van der Waals surface area (Å²) >= 11 is 0. The van der Waals surface area contributed by atoms with E-state index < -0.39 is 0 Å². The second kappa shape index (κ2) is 6.71. The molecule has 122 valence electrons. The Balaban J connectivity index is 1.74. The van der Waals surface area contributed by atoms with E-state index in [4.69, 9.17) is 0 Å². The highest BCUT2D eigenvalue weighted by Crippen LogP contribution is 2.16. The molecule has 2 aromatic carbocycles. The van der Waals surface area contributed by atoms with Crippen LogP contribution in [0.5, 0.6) is 0 Å². The average molecular weight is 320 g/mol. The lowest BCUT2D eigenvalue weighted by atomic mass is 10.1. The minimum absolute atomic E-state index is 0.0898. The predicted molar refractivity (Wildman–Crippen MR) is 97.4 cm³/mol. The molecule has 2 N–H and O–H groups in total. The number of nitrogens with one attached hydrogen (secondary N) is 2. The number of fused-ring (bicyclic) bond motifs is 1. The van der Waals surface area contributed by atoms with Gasteiger partial charge in [0.15, 0.2) is 0 Å². The normalized spacial score (nSPS) is 10.8. The van der Waals surface area contributed by atoms with Crippen molar-refractivity contribution in [2.45, 2.75) is 26.7 Å². The van der Waals surface area contributed by atoms with E-state index in [2.05, 4.69) is 10.3 Å². The van der Waals surface area contributed by atoms with Crippen molar-refractivity contribution in [3.05, 3.63) is 75.6 Å². The largest absolute Gasteiger partial charge is 0.326 e. The minimum Gasteiger partial charge on any atom is -0.326 e. The number of benzene rings is 2. The number of anilines is 1. The van der Waals surface area contributed by atoms with Crippen molar-refractivity contribution >= 4 is 22.5 Å². The zero-order valence-corrected chi connectivity index (χ0v) is 13.8. The van der Waals surface area contributed by atoms with Gasteiger partial charge >= 0.3 is 0 Å². The summed E-state index contributed by atoms with van der Waals surface area (Å²) in [6.07, 6.45) is 0.686. The third-order valence-corrected chi connectivity index (χ3v) is 4.21. The summed E-state index contributed by atoms with van der Waals surface area (Å²) < 4.78 is 0. The summed E-state index contributed by atoms with van der Waals surface area (Å²) in [4.78, 5) is 27.3. The highest BCUT2D eigenvalue weighted by Gasteiger charge is 2.09. The van der Waals surface area contributed by atoms with Gasteiger partial charge in [-0.1, -0.05) is 36.4 Å². The van der Waals surface area contributed by atoms with Gasteiger partial charge < -0.3 is 10.3 Å². The molecule has 24 heavy (non-hydrogen) atoms. The molecule has 0 bridgehead atoms. The molecule has 0 unspecified atom stereocenters. The fourth-order valence-corrected chi connectivity index (χ4v) is 2.79. The van der Waals surface area contributed by atoms with Gasteiger partial charge in [0.25, 0.3) is 5.56 Å². The first-order valence-electron chi connectivity index (χ1n) is 8.01. The zero-order chi connectivity index (χ0) is 17.1. The van der Waals surface area contributed by atoms with E-state index >= 15 is 0 Å². The number of aromatic amines is 1. The van der Waals surface area contributed by atoms with Gasteiger partial charge in [0.2, 0.25) is 5.91 Å². The first kappa shape index (κ1) is 16.0. The van der Waals surface area contributed by atoms with Gasteiger partial charge in [0.1, 0.15) is 0 Å². The Bertz CT molecular complexity index is 957. The summed E-state index contributed by atoms with van der Waals surface area (Å²) in [5.74, 6) is -0.0898. The molecule has 4 heteroatoms. The number of para-hydroxylation sites is 2. The molecule has 0 spiro atoms. The van der Waals surface area contributed by atoms with E-state index in [9.17, 15) is 9.59 Å². The van der Waals surface area contributed by atoms with E-state index in [1.807, 2.05) is 62.4 Å². The number of amides is 1. The number of aryl methyl sites for hydroxylation is 3. The van der Waals surface area contributed by atoms with Crippen LogP contribution in [0.1, 0.15) is 23.1 Å². The van der Waals surface area contributed by atoms with Crippen LogP contribution in [0.4, 0.5) is 5.69 Å². The number of hydrogen-bond donors (Lipinski definition) is 2. The van der Waals surface area contributed by atoms with E-state index in [1.165, 1.54) is 0 Å². The van der Waals surface area contributed by atoms with Crippen LogP contribution in [0.3, 0.4) is 0 Å². The molecule has 0 aliphatic heterocycles. The van der Waals surface area contributed by atoms with Crippen LogP contribution in [0.25, 0.3) is 10.9 Å². The van der Waals surface area contributed by atoms with E-state index in [0.29, 0.717) is 12.0 Å². The molecule has 4 nitrogen and oxygen atoms in total. The molecule has 1 heterocycles. The second-order valence-corrected chi connectivity index (χ2v) is 6.03. The smallest absolute Gasteiger partial charge is 0.251 e. The number of rotatable bonds is 4. The molecular formula is C20H20N2O2. The maximum atomic E-state index is 12.2. The summed E-state index contributed by atoms with van der Waals surface area (Å²) in [5, 5.41) is 3.88. The van der Waals surface area contributed by atoms with Gasteiger partial charge in [-0.15, -0.1) is 0 Å². The van der Waals surface area contributed by atoms with Gasteiger partial charge in [0, 0.05) is 17.7 Å². The third kappa shape index (κ3) is 3.38. The van der Waals surface area contributed by atoms with Crippen LogP contribution in [0.15, 0.2) is 53.3 Å². The van der Waals surface area contributed by atoms with Crippen LogP contribution in [0.2, 0.25) is 0 Å². The molecule has 3 aromatic rings. The number of hydrogen-bond acceptors (Lipinski definition) is 2. The highest BCUT2D eigenvalue weighted by atomic mass is 16.1. The van der Waals surface area contributed by atoms with Crippen LogP contribution < -0.4 is 10.9 Å². The summed E-state index contributed by atoms with van der Waals surface area (Å²) in [7, 11) is 0. The topological polar surface area (TPSA) is 62.0 Å². The van der Waals surface area contributed by atoms with E-state index in [1.54, 1.807) is 0 Å². The van der Waals surface area contributed by atoms with Gasteiger partial charge in [-0.05, 0) is 48.9 Å². The molecular weight excluding hydrogens is 300 g/mol. The Morgan fingerprint density at radius 1 is 1.04 bits per heavy atom. The Morgan fingerprint density at radius 2 is 1.79 bits per heavy atom. The SMILES string of the molecule is Cc1ccccc1NC(=O)CCc1cc2cccc(C)c2[nH]c1=O. The van der Waals surface area contributed by atoms with Crippen molar-refractivity contribution in [1.82, 2.24) is 4.98 Å². The standard InChI is InChI=1S/C20H20N2O2/c1-13-6-3-4-9-17(13)21-18(23)11-10-16-12-15-8-5-7-14(2)19(15)22-20(16)24/h3-9,12H,10-11H2,1-2H3,(H,21,23)(H,22,24). The zero-order valence-electron chi connectivity index (χ0n) is 13.8. The molecule has 0 fully saturated rings. The Labute approximate surface area is 140 Å². The fourth-order valence-electron chi connectivity index (χ4n) is 2.79. The Hall–Kier alpha value is -2.88. The molecule has 0 aliphatic rings. The van der Waals surface area contributed by atoms with E-state index in [0.717, 1.165) is 27.7 Å². The van der Waals surface area contributed by atoms with Crippen molar-refractivity contribution in [1.29, 1.82) is 0 Å². The van der Waals surface area contributed by atoms with Crippen molar-refractivity contribution < 1.29 is 4.79 Å². The van der Waals surface area contributed by atoms with Crippen LogP contribution in [-0.2, 0) is 11.2 Å². The molecule has 1 aromatic heterocycles. The maximum absolute atomic E-state index is 12.2. The third-order valence-electron chi connectivity index (χ3n) is 4.21. The minimum atomic E-state index is -0.125. The number of pyridine rings is 1. The monoisotopic (exact) mass is 320 g/mol. The molecule has 0 radical (unpaired) electrons. The summed E-state index contributed by atoms with van der Waals surface area (Å²) in [6, 6.07) is 15.4. The lowest BCUT2D eigenvalue weighted by molar-refractivity contribution is -0.116. The van der Waals surface area contributed by atoms with Crippen molar-refractivity contribution in [3.63, 3.8) is 0 Å². The molecule has 0 saturated heterocycles. The predicted octanol–water partition coefficient (Wildman–Crippen LogP) is 3.72. The van der Waals surface area contributed by atoms with Gasteiger partial charge in [-0.3, -0.25) is 9.59 Å². The van der Waals surface area contributed by atoms with Crippen molar-refractivity contribution in [2.75, 3.05) is 5.32 Å². The van der Waals surface area contributed by atoms with Crippen LogP contribution >= 0.6 is 0 Å².